The first-order valence-electron chi connectivity index (χ1n) is 4.65. The topological polar surface area (TPSA) is 81.1 Å². The summed E-state index contributed by atoms with van der Waals surface area (Å²) in [6.45, 7) is -0.129. The van der Waals surface area contributed by atoms with Crippen molar-refractivity contribution in [3.8, 4) is 0 Å². The van der Waals surface area contributed by atoms with Gasteiger partial charge in [0.2, 0.25) is 0 Å². The molecule has 1 N–H and O–H groups in total. The predicted molar refractivity (Wildman–Crippen MR) is 49.8 cm³/mol. The second-order valence-electron chi connectivity index (χ2n) is 3.41. The van der Waals surface area contributed by atoms with Crippen LogP contribution in [0.4, 0.5) is 13.2 Å². The Balaban J connectivity index is 2.14. The summed E-state index contributed by atoms with van der Waals surface area (Å²) in [5, 5.41) is 15.3. The second kappa shape index (κ2) is 4.17. The molecule has 0 radical (unpaired) electrons. The highest BCUT2D eigenvalue weighted by Crippen LogP contribution is 2.28. The van der Waals surface area contributed by atoms with Crippen LogP contribution >= 0.6 is 0 Å². The van der Waals surface area contributed by atoms with Crippen molar-refractivity contribution in [3.63, 3.8) is 0 Å². The van der Waals surface area contributed by atoms with E-state index >= 15 is 0 Å². The molecule has 0 fully saturated rings. The van der Waals surface area contributed by atoms with Crippen molar-refractivity contribution in [2.45, 2.75) is 12.7 Å². The molecule has 0 aliphatic carbocycles. The average molecular weight is 261 g/mol. The van der Waals surface area contributed by atoms with E-state index in [1.54, 1.807) is 0 Å². The standard InChI is InChI=1S/C9H6F3N3O3/c10-9(11,12)5-2-13-15(3-5)4-6-1-7(8(16)17)14-18-6/h1-3H,4H2,(H,16,17). The van der Waals surface area contributed by atoms with E-state index in [2.05, 4.69) is 14.8 Å². The summed E-state index contributed by atoms with van der Waals surface area (Å²) in [6, 6.07) is 1.12. The van der Waals surface area contributed by atoms with Crippen LogP contribution in [0.25, 0.3) is 0 Å². The molecule has 6 nitrogen and oxygen atoms in total. The van der Waals surface area contributed by atoms with Crippen molar-refractivity contribution >= 4 is 5.97 Å². The Morgan fingerprint density at radius 3 is 2.72 bits per heavy atom. The normalized spacial score (nSPS) is 11.7. The number of alkyl halides is 3. The largest absolute Gasteiger partial charge is 0.476 e. The van der Waals surface area contributed by atoms with Crippen molar-refractivity contribution in [2.75, 3.05) is 0 Å². The van der Waals surface area contributed by atoms with Gasteiger partial charge in [0.05, 0.1) is 11.8 Å². The molecule has 0 spiro atoms. The van der Waals surface area contributed by atoms with Crippen molar-refractivity contribution in [3.05, 3.63) is 35.5 Å². The zero-order valence-electron chi connectivity index (χ0n) is 8.68. The first-order valence-corrected chi connectivity index (χ1v) is 4.65. The smallest absolute Gasteiger partial charge is 0.419 e. The van der Waals surface area contributed by atoms with Crippen LogP contribution in [0.5, 0.6) is 0 Å². The maximum Gasteiger partial charge on any atom is 0.419 e. The Bertz CT molecular complexity index is 573. The van der Waals surface area contributed by atoms with Gasteiger partial charge in [-0.1, -0.05) is 5.16 Å². The molecule has 18 heavy (non-hydrogen) atoms. The van der Waals surface area contributed by atoms with E-state index in [-0.39, 0.29) is 18.0 Å². The van der Waals surface area contributed by atoms with Gasteiger partial charge in [0.1, 0.15) is 6.54 Å². The third kappa shape index (κ3) is 2.50. The Morgan fingerprint density at radius 1 is 1.50 bits per heavy atom. The van der Waals surface area contributed by atoms with Crippen LogP contribution in [0, 0.1) is 0 Å². The third-order valence-electron chi connectivity index (χ3n) is 2.06. The number of hydrogen-bond donors (Lipinski definition) is 1. The monoisotopic (exact) mass is 261 g/mol. The first kappa shape index (κ1) is 12.1. The third-order valence-corrected chi connectivity index (χ3v) is 2.06. The van der Waals surface area contributed by atoms with E-state index < -0.39 is 17.7 Å². The number of carbonyl (C=O) groups is 1. The van der Waals surface area contributed by atoms with Crippen molar-refractivity contribution in [1.82, 2.24) is 14.9 Å². The molecule has 0 aromatic carbocycles. The van der Waals surface area contributed by atoms with Gasteiger partial charge in [-0.15, -0.1) is 0 Å². The maximum atomic E-state index is 12.3. The van der Waals surface area contributed by atoms with E-state index in [0.29, 0.717) is 6.20 Å². The van der Waals surface area contributed by atoms with Gasteiger partial charge in [0.15, 0.2) is 11.5 Å². The molecule has 0 amide bonds. The maximum absolute atomic E-state index is 12.3. The van der Waals surface area contributed by atoms with Crippen molar-refractivity contribution < 1.29 is 27.6 Å². The lowest BCUT2D eigenvalue weighted by atomic mass is 10.3. The average Bonchev–Trinajstić information content (AvgIpc) is 2.85. The van der Waals surface area contributed by atoms with E-state index in [1.165, 1.54) is 0 Å². The van der Waals surface area contributed by atoms with Gasteiger partial charge in [-0.2, -0.15) is 18.3 Å². The van der Waals surface area contributed by atoms with E-state index in [9.17, 15) is 18.0 Å². The number of aromatic carboxylic acids is 1. The molecule has 0 saturated carbocycles. The van der Waals surface area contributed by atoms with Crippen LogP contribution in [-0.2, 0) is 12.7 Å². The van der Waals surface area contributed by atoms with Gasteiger partial charge in [0.25, 0.3) is 0 Å². The fourth-order valence-electron chi connectivity index (χ4n) is 1.24. The summed E-state index contributed by atoms with van der Waals surface area (Å²) in [5.74, 6) is -1.18. The highest BCUT2D eigenvalue weighted by atomic mass is 19.4. The highest BCUT2D eigenvalue weighted by Gasteiger charge is 2.32. The number of nitrogens with zero attached hydrogens (tertiary/aromatic N) is 3. The Hall–Kier alpha value is -2.32. The van der Waals surface area contributed by atoms with Gasteiger partial charge < -0.3 is 9.63 Å². The molecule has 96 valence electrons. The van der Waals surface area contributed by atoms with E-state index in [0.717, 1.165) is 16.9 Å². The molecular weight excluding hydrogens is 255 g/mol. The summed E-state index contributed by atoms with van der Waals surface area (Å²) >= 11 is 0. The van der Waals surface area contributed by atoms with Crippen LogP contribution in [0.2, 0.25) is 0 Å². The number of halogens is 3. The number of aromatic nitrogens is 3. The van der Waals surface area contributed by atoms with Gasteiger partial charge in [0, 0.05) is 12.3 Å². The molecule has 0 saturated heterocycles. The first-order chi connectivity index (χ1) is 8.36. The van der Waals surface area contributed by atoms with Crippen LogP contribution in [0.15, 0.2) is 23.0 Å². The molecule has 2 rings (SSSR count). The molecular formula is C9H6F3N3O3. The summed E-state index contributed by atoms with van der Waals surface area (Å²) < 4.78 is 42.5. The summed E-state index contributed by atoms with van der Waals surface area (Å²) in [6.07, 6.45) is -3.00. The zero-order chi connectivity index (χ0) is 13.3. The molecule has 0 aliphatic heterocycles. The number of carboxylic acid groups (broad SMARTS) is 1. The van der Waals surface area contributed by atoms with Gasteiger partial charge in [-0.3, -0.25) is 4.68 Å². The van der Waals surface area contributed by atoms with Gasteiger partial charge >= 0.3 is 12.1 Å². The number of hydrogen-bond acceptors (Lipinski definition) is 4. The lowest BCUT2D eigenvalue weighted by molar-refractivity contribution is -0.137. The molecule has 9 heteroatoms. The van der Waals surface area contributed by atoms with Crippen LogP contribution in [0.1, 0.15) is 21.8 Å². The van der Waals surface area contributed by atoms with Crippen molar-refractivity contribution in [1.29, 1.82) is 0 Å². The highest BCUT2D eigenvalue weighted by molar-refractivity contribution is 5.85. The second-order valence-corrected chi connectivity index (χ2v) is 3.41. The fourth-order valence-corrected chi connectivity index (χ4v) is 1.24. The molecule has 2 aromatic rings. The van der Waals surface area contributed by atoms with E-state index in [4.69, 9.17) is 5.11 Å². The number of rotatable bonds is 3. The lowest BCUT2D eigenvalue weighted by Gasteiger charge is -2.00. The fraction of sp³-hybridized carbons (Fsp3) is 0.222. The minimum atomic E-state index is -4.47. The summed E-state index contributed by atoms with van der Waals surface area (Å²) in [7, 11) is 0. The zero-order valence-corrected chi connectivity index (χ0v) is 8.68. The summed E-state index contributed by atoms with van der Waals surface area (Å²) in [5.41, 5.74) is -1.20. The Labute approximate surface area is 97.6 Å². The molecule has 0 bridgehead atoms. The van der Waals surface area contributed by atoms with E-state index in [1.807, 2.05) is 0 Å². The molecule has 2 aromatic heterocycles. The number of carboxylic acids is 1. The minimum absolute atomic E-state index is 0.101. The molecule has 0 atom stereocenters. The predicted octanol–water partition coefficient (Wildman–Crippen LogP) is 1.64. The van der Waals surface area contributed by atoms with Gasteiger partial charge in [-0.25, -0.2) is 4.79 Å². The molecule has 0 aliphatic rings. The molecule has 2 heterocycles. The SMILES string of the molecule is O=C(O)c1cc(Cn2cc(C(F)(F)F)cn2)on1. The van der Waals surface area contributed by atoms with Gasteiger partial charge in [-0.05, 0) is 0 Å². The van der Waals surface area contributed by atoms with Crippen LogP contribution in [-0.4, -0.2) is 26.0 Å². The van der Waals surface area contributed by atoms with Crippen LogP contribution in [0.3, 0.4) is 0 Å². The quantitative estimate of drug-likeness (QED) is 0.908. The molecule has 0 unspecified atom stereocenters. The summed E-state index contributed by atoms with van der Waals surface area (Å²) in [4.78, 5) is 10.5. The van der Waals surface area contributed by atoms with Crippen molar-refractivity contribution in [2.24, 2.45) is 0 Å². The Kier molecular flexibility index (Phi) is 2.81. The lowest BCUT2D eigenvalue weighted by Crippen LogP contribution is -2.03. The Morgan fingerprint density at radius 2 is 2.22 bits per heavy atom. The van der Waals surface area contributed by atoms with Crippen LogP contribution < -0.4 is 0 Å². The minimum Gasteiger partial charge on any atom is -0.476 e.